The van der Waals surface area contributed by atoms with E-state index in [1.54, 1.807) is 19.2 Å². The molecule has 1 saturated heterocycles. The number of aryl methyl sites for hydroxylation is 1. The average molecular weight is 506 g/mol. The van der Waals surface area contributed by atoms with Gasteiger partial charge < -0.3 is 14.8 Å². The number of H-pyrrole nitrogens is 1. The molecule has 2 aliphatic heterocycles. The molecule has 3 aliphatic rings. The molecule has 4 atom stereocenters. The maximum atomic E-state index is 14.2. The number of phenolic OH excluding ortho intramolecular Hbond substituents is 1. The first-order valence-corrected chi connectivity index (χ1v) is 13.5. The van der Waals surface area contributed by atoms with E-state index in [-0.39, 0.29) is 17.7 Å². The molecule has 0 spiro atoms. The summed E-state index contributed by atoms with van der Waals surface area (Å²) in [7, 11) is 1.71. The third kappa shape index (κ3) is 4.74. The highest BCUT2D eigenvalue weighted by Crippen LogP contribution is 2.44. The van der Waals surface area contributed by atoms with Crippen molar-refractivity contribution in [3.05, 3.63) is 76.1 Å². The Balaban J connectivity index is 1.13. The first-order valence-electron chi connectivity index (χ1n) is 13.5. The maximum Gasteiger partial charge on any atom is 0.165 e. The number of hydrogen-bond donors (Lipinski definition) is 4. The summed E-state index contributed by atoms with van der Waals surface area (Å²) in [6.07, 6.45) is 4.72. The largest absolute Gasteiger partial charge is 0.505 e. The second kappa shape index (κ2) is 10.1. The van der Waals surface area contributed by atoms with Gasteiger partial charge in [-0.3, -0.25) is 10.3 Å². The Hall–Kier alpha value is -2.94. The molecule has 2 fully saturated rings. The molecular formula is C29H36FN5O2. The Morgan fingerprint density at radius 3 is 2.92 bits per heavy atom. The van der Waals surface area contributed by atoms with Crippen LogP contribution in [0.2, 0.25) is 0 Å². The summed E-state index contributed by atoms with van der Waals surface area (Å²) < 4.78 is 19.6. The summed E-state index contributed by atoms with van der Waals surface area (Å²) in [4.78, 5) is 11.2. The molecule has 4 N–H and O–H groups in total. The van der Waals surface area contributed by atoms with E-state index in [9.17, 15) is 9.50 Å². The van der Waals surface area contributed by atoms with E-state index in [1.807, 2.05) is 12.1 Å². The van der Waals surface area contributed by atoms with Crippen LogP contribution in [0.3, 0.4) is 0 Å². The number of aromatic amines is 1. The van der Waals surface area contributed by atoms with Gasteiger partial charge in [-0.05, 0) is 78.5 Å². The number of nitrogens with one attached hydrogen (secondary N) is 3. The zero-order valence-electron chi connectivity index (χ0n) is 21.6. The van der Waals surface area contributed by atoms with Gasteiger partial charge in [-0.15, -0.1) is 0 Å². The van der Waals surface area contributed by atoms with E-state index in [1.165, 1.54) is 17.0 Å². The molecule has 0 radical (unpaired) electrons. The number of ether oxygens (including phenoxy) is 1. The number of benzene rings is 2. The Labute approximate surface area is 217 Å². The van der Waals surface area contributed by atoms with Crippen LogP contribution in [0.4, 0.5) is 4.39 Å². The minimum atomic E-state index is -0.522. The molecule has 37 heavy (non-hydrogen) atoms. The third-order valence-corrected chi connectivity index (χ3v) is 8.55. The van der Waals surface area contributed by atoms with E-state index in [2.05, 4.69) is 39.8 Å². The Bertz CT molecular complexity index is 1280. The Morgan fingerprint density at radius 2 is 2.08 bits per heavy atom. The lowest BCUT2D eigenvalue weighted by molar-refractivity contribution is 0.241. The quantitative estimate of drug-likeness (QED) is 0.395. The van der Waals surface area contributed by atoms with Gasteiger partial charge in [-0.1, -0.05) is 19.1 Å². The van der Waals surface area contributed by atoms with Crippen LogP contribution >= 0.6 is 0 Å². The molecular weight excluding hydrogens is 469 g/mol. The molecule has 6 rings (SSSR count). The fourth-order valence-corrected chi connectivity index (χ4v) is 6.61. The first kappa shape index (κ1) is 24.4. The third-order valence-electron chi connectivity index (χ3n) is 8.55. The van der Waals surface area contributed by atoms with Gasteiger partial charge in [0.25, 0.3) is 0 Å². The van der Waals surface area contributed by atoms with Crippen molar-refractivity contribution >= 4 is 0 Å². The molecule has 3 heterocycles. The lowest BCUT2D eigenvalue weighted by Gasteiger charge is -2.33. The van der Waals surface area contributed by atoms with Gasteiger partial charge in [0.2, 0.25) is 0 Å². The fraction of sp³-hybridized carbons (Fsp3) is 0.483. The van der Waals surface area contributed by atoms with E-state index < -0.39 is 5.82 Å². The number of aromatic hydroxyl groups is 1. The van der Waals surface area contributed by atoms with Gasteiger partial charge >= 0.3 is 0 Å². The molecule has 1 saturated carbocycles. The zero-order valence-corrected chi connectivity index (χ0v) is 21.6. The number of fused-ring (bicyclic) bond motifs is 2. The predicted molar refractivity (Wildman–Crippen MR) is 140 cm³/mol. The zero-order chi connectivity index (χ0) is 25.5. The van der Waals surface area contributed by atoms with E-state index >= 15 is 0 Å². The standard InChI is InChI=1S/C29H36FN5O2/c1-3-18-13-27(36)23(30)14-22(18)19-7-8-21-25(12-19)33-34-28(21)29-31-24-9-10-35(16-26(24)32-29)15-17-5-4-6-20(11-17)37-2/h4-6,11,13-14,19,21,25,28,33-34,36H,3,7-10,12,15-16H2,1-2H3,(H,31,32). The smallest absolute Gasteiger partial charge is 0.165 e. The van der Waals surface area contributed by atoms with Gasteiger partial charge in [0.15, 0.2) is 11.6 Å². The minimum Gasteiger partial charge on any atom is -0.505 e. The normalized spacial score (nSPS) is 25.6. The van der Waals surface area contributed by atoms with E-state index in [0.717, 1.165) is 74.4 Å². The molecule has 3 aromatic rings. The van der Waals surface area contributed by atoms with Crippen molar-refractivity contribution < 1.29 is 14.2 Å². The number of halogens is 1. The van der Waals surface area contributed by atoms with Crippen molar-refractivity contribution in [3.8, 4) is 11.5 Å². The monoisotopic (exact) mass is 505 g/mol. The molecule has 1 aliphatic carbocycles. The Morgan fingerprint density at radius 1 is 1.19 bits per heavy atom. The molecule has 7 nitrogen and oxygen atoms in total. The van der Waals surface area contributed by atoms with Crippen LogP contribution in [0.25, 0.3) is 0 Å². The lowest BCUT2D eigenvalue weighted by Crippen LogP contribution is -2.35. The summed E-state index contributed by atoms with van der Waals surface area (Å²) in [5.41, 5.74) is 12.8. The summed E-state index contributed by atoms with van der Waals surface area (Å²) in [6.45, 7) is 4.80. The van der Waals surface area contributed by atoms with Crippen molar-refractivity contribution in [2.75, 3.05) is 13.7 Å². The van der Waals surface area contributed by atoms with E-state index in [0.29, 0.717) is 12.0 Å². The van der Waals surface area contributed by atoms with Crippen molar-refractivity contribution in [2.24, 2.45) is 5.92 Å². The van der Waals surface area contributed by atoms with Crippen LogP contribution in [0, 0.1) is 11.7 Å². The van der Waals surface area contributed by atoms with Gasteiger partial charge in [-0.25, -0.2) is 14.8 Å². The lowest BCUT2D eigenvalue weighted by atomic mass is 9.73. The van der Waals surface area contributed by atoms with Crippen molar-refractivity contribution in [1.29, 1.82) is 0 Å². The number of nitrogens with zero attached hydrogens (tertiary/aromatic N) is 2. The van der Waals surface area contributed by atoms with Crippen LogP contribution < -0.4 is 15.6 Å². The number of imidazole rings is 1. The number of aromatic nitrogens is 2. The molecule has 1 aromatic heterocycles. The van der Waals surface area contributed by atoms with Crippen molar-refractivity contribution in [1.82, 2.24) is 25.7 Å². The van der Waals surface area contributed by atoms with Crippen LogP contribution in [0.15, 0.2) is 36.4 Å². The van der Waals surface area contributed by atoms with Crippen LogP contribution in [-0.4, -0.2) is 39.7 Å². The fourth-order valence-electron chi connectivity index (χ4n) is 6.61. The highest BCUT2D eigenvalue weighted by Gasteiger charge is 2.43. The van der Waals surface area contributed by atoms with Crippen LogP contribution in [0.5, 0.6) is 11.5 Å². The summed E-state index contributed by atoms with van der Waals surface area (Å²) in [5, 5.41) is 9.83. The average Bonchev–Trinajstić information content (AvgIpc) is 3.53. The van der Waals surface area contributed by atoms with Crippen LogP contribution in [0.1, 0.15) is 72.0 Å². The van der Waals surface area contributed by atoms with Crippen molar-refractivity contribution in [3.63, 3.8) is 0 Å². The maximum absolute atomic E-state index is 14.2. The molecule has 4 unspecified atom stereocenters. The van der Waals surface area contributed by atoms with E-state index in [4.69, 9.17) is 9.72 Å². The van der Waals surface area contributed by atoms with Crippen molar-refractivity contribution in [2.45, 2.75) is 70.1 Å². The number of phenols is 1. The molecule has 2 aromatic carbocycles. The second-order valence-electron chi connectivity index (χ2n) is 10.8. The summed E-state index contributed by atoms with van der Waals surface area (Å²) >= 11 is 0. The highest BCUT2D eigenvalue weighted by atomic mass is 19.1. The highest BCUT2D eigenvalue weighted by molar-refractivity contribution is 5.39. The topological polar surface area (TPSA) is 85.4 Å². The predicted octanol–water partition coefficient (Wildman–Crippen LogP) is 4.49. The molecule has 0 bridgehead atoms. The van der Waals surface area contributed by atoms with Gasteiger partial charge in [-0.2, -0.15) is 0 Å². The van der Waals surface area contributed by atoms with Gasteiger partial charge in [0, 0.05) is 32.1 Å². The van der Waals surface area contributed by atoms with Gasteiger partial charge in [0.05, 0.1) is 24.5 Å². The molecule has 196 valence electrons. The van der Waals surface area contributed by atoms with Gasteiger partial charge in [0.1, 0.15) is 11.6 Å². The summed E-state index contributed by atoms with van der Waals surface area (Å²) in [6, 6.07) is 11.9. The second-order valence-corrected chi connectivity index (χ2v) is 10.8. The minimum absolute atomic E-state index is 0.144. The SMILES string of the molecule is CCc1cc(O)c(F)cc1C1CCC2C(C1)NNC2c1nc2c([nH]1)CN(Cc1cccc(OC)c1)CC2. The summed E-state index contributed by atoms with van der Waals surface area (Å²) in [5.74, 6) is 1.87. The number of hydrogen-bond acceptors (Lipinski definition) is 6. The Kier molecular flexibility index (Phi) is 6.65. The molecule has 8 heteroatoms. The number of methoxy groups -OCH3 is 1. The number of rotatable bonds is 6. The first-order chi connectivity index (χ1) is 18.0. The number of hydrazine groups is 1. The van der Waals surface area contributed by atoms with Crippen LogP contribution in [-0.2, 0) is 25.9 Å². The molecule has 0 amide bonds.